The van der Waals surface area contributed by atoms with Gasteiger partial charge in [-0.2, -0.15) is 19.9 Å². The molecule has 0 saturated carbocycles. The van der Waals surface area contributed by atoms with Gasteiger partial charge >= 0.3 is 0 Å². The Hall–Kier alpha value is -8.01. The van der Waals surface area contributed by atoms with E-state index < -0.39 is 0 Å². The molecule has 0 bridgehead atoms. The average Bonchev–Trinajstić information content (AvgIpc) is 2.19. The fraction of sp³-hybridized carbons (Fsp3) is 0.224. The normalized spacial score (nSPS) is 10.9. The van der Waals surface area contributed by atoms with Gasteiger partial charge < -0.3 is 28.7 Å². The van der Waals surface area contributed by atoms with Crippen LogP contribution in [0, 0.1) is 59.7 Å². The van der Waals surface area contributed by atoms with Crippen molar-refractivity contribution in [2.75, 3.05) is 0 Å². The van der Waals surface area contributed by atoms with E-state index in [4.69, 9.17) is 5.10 Å². The Labute approximate surface area is 543 Å². The summed E-state index contributed by atoms with van der Waals surface area (Å²) in [7, 11) is 0. The molecule has 0 aliphatic carbocycles. The molecule has 16 nitrogen and oxygen atoms in total. The summed E-state index contributed by atoms with van der Waals surface area (Å²) in [5.41, 5.74) is 15.0. The predicted octanol–water partition coefficient (Wildman–Crippen LogP) is 12.6. The standard InChI is InChI=1S/C19H21N4.C18H19N4.2C15H13N4.3Ir/c1-12(2)18-21-22-11-15-10-13(3)20-14(4)17(15)19(22)23(18)16-8-6-5-7-9-16;1-12(2)17-20-21-18(15-9-6-10-19-11-15)22(17)16-13(3)7-5-8-14(16)4;1-11-14(9-6-10-16-11)15-18-17-12(2)19(15)13-7-4-3-5-8-13;1-2-14-17-18-15(12-7-6-10-16-11-12)19(14)13-8-4-3-5-9-13;;;/h5-10,12H,11H2,1-4H3;5-8,10-12H,1-4H3;3-8,10H,1-2H3;3-6,8-11H,2H2,1H3;;;/q+1;3*-1;;;. The number of nitrogens with zero attached hydrogens (tertiary/aromatic N) is 16. The minimum Gasteiger partial charge on any atom is -0.360 e. The van der Waals surface area contributed by atoms with Crippen molar-refractivity contribution in [3.05, 3.63) is 240 Å². The summed E-state index contributed by atoms with van der Waals surface area (Å²) in [6.07, 6.45) is 9.50. The molecule has 9 heterocycles. The third-order valence-corrected chi connectivity index (χ3v) is 14.0. The van der Waals surface area contributed by atoms with Crippen LogP contribution in [0.1, 0.15) is 104 Å². The summed E-state index contributed by atoms with van der Waals surface area (Å²) in [6.45, 7) is 23.8. The molecule has 1 aliphatic rings. The molecule has 0 N–H and O–H groups in total. The van der Waals surface area contributed by atoms with Crippen molar-refractivity contribution in [3.63, 3.8) is 0 Å². The minimum atomic E-state index is 0. The van der Waals surface area contributed by atoms with Crippen LogP contribution in [0.25, 0.3) is 68.3 Å². The number of hydrogen-bond acceptors (Lipinski definition) is 11. The van der Waals surface area contributed by atoms with Crippen LogP contribution in [0.2, 0.25) is 0 Å². The van der Waals surface area contributed by atoms with Crippen LogP contribution in [0.4, 0.5) is 0 Å². The number of aryl methyl sites for hydroxylation is 7. The van der Waals surface area contributed by atoms with Crippen LogP contribution in [0.5, 0.6) is 0 Å². The second-order valence-corrected chi connectivity index (χ2v) is 20.7. The molecule has 0 fully saturated rings. The van der Waals surface area contributed by atoms with E-state index in [1.54, 1.807) is 49.2 Å². The third-order valence-electron chi connectivity index (χ3n) is 14.0. The first-order valence-electron chi connectivity index (χ1n) is 27.8. The molecule has 443 valence electrons. The monoisotopic (exact) mass is 1670 g/mol. The van der Waals surface area contributed by atoms with Gasteiger partial charge in [0.1, 0.15) is 29.7 Å². The fourth-order valence-corrected chi connectivity index (χ4v) is 10.3. The largest absolute Gasteiger partial charge is 0.360 e. The summed E-state index contributed by atoms with van der Waals surface area (Å²) in [5.74, 6) is 7.93. The maximum absolute atomic E-state index is 4.90. The van der Waals surface area contributed by atoms with E-state index >= 15 is 0 Å². The fourth-order valence-electron chi connectivity index (χ4n) is 10.3. The summed E-state index contributed by atoms with van der Waals surface area (Å²) in [6, 6.07) is 54.0. The number of fused-ring (bicyclic) bond motifs is 3. The van der Waals surface area contributed by atoms with Crippen molar-refractivity contribution in [2.24, 2.45) is 0 Å². The van der Waals surface area contributed by atoms with Gasteiger partial charge in [-0.1, -0.05) is 162 Å². The second kappa shape index (κ2) is 29.9. The number of aromatic nitrogens is 16. The first-order valence-corrected chi connectivity index (χ1v) is 27.8. The van der Waals surface area contributed by atoms with E-state index in [2.05, 4.69) is 193 Å². The minimum absolute atomic E-state index is 0. The Balaban J connectivity index is 0.000000163. The summed E-state index contributed by atoms with van der Waals surface area (Å²) >= 11 is 0. The maximum Gasteiger partial charge on any atom is 0.285 e. The number of rotatable bonds is 10. The zero-order chi connectivity index (χ0) is 58.1. The van der Waals surface area contributed by atoms with Gasteiger partial charge in [-0.25, -0.2) is 0 Å². The van der Waals surface area contributed by atoms with E-state index in [0.717, 1.165) is 116 Å². The molecule has 3 radical (unpaired) electrons. The number of para-hydroxylation sites is 4. The Morgan fingerprint density at radius 2 is 1.12 bits per heavy atom. The van der Waals surface area contributed by atoms with E-state index in [1.807, 2.05) is 89.7 Å². The van der Waals surface area contributed by atoms with Gasteiger partial charge in [0.05, 0.1) is 28.7 Å². The van der Waals surface area contributed by atoms with E-state index in [1.165, 1.54) is 22.3 Å². The third kappa shape index (κ3) is 14.1. The van der Waals surface area contributed by atoms with Crippen LogP contribution in [0.15, 0.2) is 164 Å². The van der Waals surface area contributed by atoms with Crippen molar-refractivity contribution in [2.45, 2.75) is 101 Å². The smallest absolute Gasteiger partial charge is 0.285 e. The summed E-state index contributed by atoms with van der Waals surface area (Å²) < 4.78 is 10.6. The van der Waals surface area contributed by atoms with Gasteiger partial charge in [0, 0.05) is 112 Å². The molecule has 0 spiro atoms. The van der Waals surface area contributed by atoms with Crippen molar-refractivity contribution in [3.8, 4) is 68.3 Å². The molecule has 4 aromatic carbocycles. The number of benzene rings is 4. The van der Waals surface area contributed by atoms with Crippen molar-refractivity contribution in [1.82, 2.24) is 74.0 Å². The SMILES string of the molecule is CCc1nnc(-c2[c-]ccnc2)n1-c1ccccc1.Cc1cc2c(c(C)n1)-c1n(nc(C(C)C)[n+]1-c1ccccc1)C2.Cc1cccc(C)c1-n1c(-c2[c-]ccnc2)nnc1C(C)C.Cc1ncc[c-]c1-c1nnc(C)n1-c1ccccc1.[Ir].[Ir].[Ir]. The zero-order valence-electron chi connectivity index (χ0n) is 49.8. The molecule has 0 unspecified atom stereocenters. The quantitative estimate of drug-likeness (QED) is 0.0945. The molecule has 1 aliphatic heterocycles. The molecule has 0 saturated heterocycles. The first kappa shape index (κ1) is 65.5. The Bertz CT molecular complexity index is 4110. The van der Waals surface area contributed by atoms with Gasteiger partial charge in [-0.3, -0.25) is 4.98 Å². The predicted molar refractivity (Wildman–Crippen MR) is 322 cm³/mol. The van der Waals surface area contributed by atoms with E-state index in [-0.39, 0.29) is 66.2 Å². The van der Waals surface area contributed by atoms with Crippen LogP contribution in [-0.4, -0.2) is 74.0 Å². The van der Waals surface area contributed by atoms with Crippen LogP contribution < -0.4 is 4.57 Å². The van der Waals surface area contributed by atoms with Gasteiger partial charge in [0.25, 0.3) is 11.6 Å². The molecule has 0 atom stereocenters. The molecule has 19 heteroatoms. The summed E-state index contributed by atoms with van der Waals surface area (Å²) in [5, 5.41) is 30.7. The molecular weight excluding hydrogens is 1610 g/mol. The number of pyridine rings is 4. The van der Waals surface area contributed by atoms with Crippen molar-refractivity contribution < 1.29 is 64.9 Å². The van der Waals surface area contributed by atoms with Gasteiger partial charge in [-0.15, -0.1) is 56.4 Å². The van der Waals surface area contributed by atoms with E-state index in [0.29, 0.717) is 5.92 Å². The Kier molecular flexibility index (Phi) is 22.8. The van der Waals surface area contributed by atoms with Crippen molar-refractivity contribution in [1.29, 1.82) is 0 Å². The summed E-state index contributed by atoms with van der Waals surface area (Å²) in [4.78, 5) is 17.3. The topological polar surface area (TPSA) is 165 Å². The molecule has 86 heavy (non-hydrogen) atoms. The maximum atomic E-state index is 4.90. The molecule has 8 aromatic heterocycles. The molecule has 12 aromatic rings. The second-order valence-electron chi connectivity index (χ2n) is 20.7. The van der Waals surface area contributed by atoms with Crippen LogP contribution in [0.3, 0.4) is 0 Å². The number of hydrogen-bond donors (Lipinski definition) is 0. The Morgan fingerprint density at radius 3 is 1.67 bits per heavy atom. The first-order chi connectivity index (χ1) is 40.3. The zero-order valence-corrected chi connectivity index (χ0v) is 57.0. The van der Waals surface area contributed by atoms with Crippen LogP contribution in [-0.2, 0) is 73.3 Å². The van der Waals surface area contributed by atoms with Gasteiger partial charge in [0.15, 0.2) is 0 Å². The molecule has 13 rings (SSSR count). The molecule has 0 amide bonds. The van der Waals surface area contributed by atoms with Gasteiger partial charge in [-0.05, 0) is 93.9 Å². The Morgan fingerprint density at radius 1 is 0.558 bits per heavy atom. The van der Waals surface area contributed by atoms with Crippen molar-refractivity contribution >= 4 is 0 Å². The average molecular weight is 1670 g/mol. The van der Waals surface area contributed by atoms with Gasteiger partial charge in [0.2, 0.25) is 0 Å². The van der Waals surface area contributed by atoms with E-state index in [9.17, 15) is 0 Å². The van der Waals surface area contributed by atoms with Crippen LogP contribution >= 0.6 is 0 Å². The molecular formula is C67H66Ir3N16-2.